The van der Waals surface area contributed by atoms with Gasteiger partial charge < -0.3 is 5.11 Å². The first-order valence-electron chi connectivity index (χ1n) is 5.25. The van der Waals surface area contributed by atoms with Gasteiger partial charge >= 0.3 is 5.97 Å². The van der Waals surface area contributed by atoms with Crippen LogP contribution in [0.4, 0.5) is 8.78 Å². The van der Waals surface area contributed by atoms with Gasteiger partial charge in [0, 0.05) is 17.3 Å². The molecule has 0 amide bonds. The number of halogens is 3. The van der Waals surface area contributed by atoms with Crippen molar-refractivity contribution < 1.29 is 18.7 Å². The molecule has 1 N–H and O–H groups in total. The van der Waals surface area contributed by atoms with Crippen molar-refractivity contribution in [3.05, 3.63) is 52.3 Å². The topological polar surface area (TPSA) is 50.2 Å². The summed E-state index contributed by atoms with van der Waals surface area (Å²) < 4.78 is 27.0. The Morgan fingerprint density at radius 1 is 1.26 bits per heavy atom. The molecule has 1 aromatic carbocycles. The zero-order valence-corrected chi connectivity index (χ0v) is 10.5. The molecule has 0 aliphatic heterocycles. The molecular weight excluding hydrogens is 276 g/mol. The molecule has 0 unspecified atom stereocenters. The number of nitrogens with zero attached hydrogens (tertiary/aromatic N) is 1. The summed E-state index contributed by atoms with van der Waals surface area (Å²) >= 11 is 5.76. The second-order valence-corrected chi connectivity index (χ2v) is 4.32. The first-order valence-corrected chi connectivity index (χ1v) is 5.63. The number of carboxylic acids is 1. The predicted octanol–water partition coefficient (Wildman–Crippen LogP) is 3.69. The molecule has 19 heavy (non-hydrogen) atoms. The van der Waals surface area contributed by atoms with Crippen LogP contribution in [0, 0.1) is 18.6 Å². The van der Waals surface area contributed by atoms with Gasteiger partial charge in [-0.3, -0.25) is 0 Å². The lowest BCUT2D eigenvalue weighted by atomic mass is 9.99. The number of carbonyl (C=O) groups is 1. The molecule has 6 heteroatoms. The van der Waals surface area contributed by atoms with Crippen molar-refractivity contribution in [2.24, 2.45) is 0 Å². The number of benzene rings is 1. The van der Waals surface area contributed by atoms with E-state index in [-0.39, 0.29) is 16.3 Å². The lowest BCUT2D eigenvalue weighted by Crippen LogP contribution is -2.03. The van der Waals surface area contributed by atoms with Crippen molar-refractivity contribution in [3.63, 3.8) is 0 Å². The number of aromatic carboxylic acids is 1. The van der Waals surface area contributed by atoms with Crippen LogP contribution >= 0.6 is 11.6 Å². The summed E-state index contributed by atoms with van der Waals surface area (Å²) in [7, 11) is 0. The zero-order valence-electron chi connectivity index (χ0n) is 9.75. The van der Waals surface area contributed by atoms with E-state index in [0.29, 0.717) is 11.8 Å². The third-order valence-corrected chi connectivity index (χ3v) is 2.69. The van der Waals surface area contributed by atoms with Gasteiger partial charge in [0.2, 0.25) is 0 Å². The van der Waals surface area contributed by atoms with Gasteiger partial charge in [-0.1, -0.05) is 11.6 Å². The fourth-order valence-corrected chi connectivity index (χ4v) is 2.06. The minimum atomic E-state index is -1.42. The third-order valence-electron chi connectivity index (χ3n) is 2.50. The molecule has 0 radical (unpaired) electrons. The lowest BCUT2D eigenvalue weighted by molar-refractivity contribution is 0.0696. The van der Waals surface area contributed by atoms with Crippen molar-refractivity contribution in [1.29, 1.82) is 0 Å². The minimum Gasteiger partial charge on any atom is -0.478 e. The maximum Gasteiger partial charge on any atom is 0.336 e. The van der Waals surface area contributed by atoms with Crippen LogP contribution in [-0.2, 0) is 0 Å². The predicted molar refractivity (Wildman–Crippen MR) is 66.3 cm³/mol. The van der Waals surface area contributed by atoms with Crippen molar-refractivity contribution >= 4 is 17.6 Å². The van der Waals surface area contributed by atoms with E-state index >= 15 is 0 Å². The Balaban J connectivity index is 2.77. The van der Waals surface area contributed by atoms with E-state index in [1.165, 1.54) is 12.1 Å². The summed E-state index contributed by atoms with van der Waals surface area (Å²) in [6.07, 6.45) is 0. The van der Waals surface area contributed by atoms with E-state index < -0.39 is 23.2 Å². The normalized spacial score (nSPS) is 10.5. The van der Waals surface area contributed by atoms with Gasteiger partial charge in [0.05, 0.1) is 5.56 Å². The Labute approximate surface area is 112 Å². The molecule has 98 valence electrons. The van der Waals surface area contributed by atoms with Gasteiger partial charge in [-0.25, -0.2) is 18.6 Å². The molecule has 2 aromatic rings. The molecule has 0 spiro atoms. The smallest absolute Gasteiger partial charge is 0.336 e. The SMILES string of the molecule is Cc1cc(-c2c(F)cc(F)cc2C(=O)O)cc(Cl)n1. The Morgan fingerprint density at radius 3 is 2.53 bits per heavy atom. The van der Waals surface area contributed by atoms with Crippen LogP contribution in [0.5, 0.6) is 0 Å². The molecule has 0 saturated carbocycles. The van der Waals surface area contributed by atoms with E-state index in [2.05, 4.69) is 4.98 Å². The Kier molecular flexibility index (Phi) is 3.48. The standard InChI is InChI=1S/C13H8ClF2NO2/c1-6-2-7(3-11(14)17-6)12-9(13(18)19)4-8(15)5-10(12)16/h2-5H,1H3,(H,18,19). The van der Waals surface area contributed by atoms with E-state index in [0.717, 1.165) is 6.07 Å². The Morgan fingerprint density at radius 2 is 1.95 bits per heavy atom. The number of pyridine rings is 1. The second-order valence-electron chi connectivity index (χ2n) is 3.94. The summed E-state index contributed by atoms with van der Waals surface area (Å²) in [5.41, 5.74) is 0.0791. The number of rotatable bonds is 2. The van der Waals surface area contributed by atoms with Gasteiger partial charge in [-0.15, -0.1) is 0 Å². The zero-order chi connectivity index (χ0) is 14.2. The highest BCUT2D eigenvalue weighted by Crippen LogP contribution is 2.30. The monoisotopic (exact) mass is 283 g/mol. The average Bonchev–Trinajstić information content (AvgIpc) is 2.25. The summed E-state index contributed by atoms with van der Waals surface area (Å²) in [4.78, 5) is 15.0. The maximum absolute atomic E-state index is 13.9. The molecule has 2 rings (SSSR count). The van der Waals surface area contributed by atoms with Gasteiger partial charge in [0.1, 0.15) is 16.8 Å². The average molecular weight is 284 g/mol. The van der Waals surface area contributed by atoms with Gasteiger partial charge in [-0.2, -0.15) is 0 Å². The molecule has 1 heterocycles. The van der Waals surface area contributed by atoms with Crippen LogP contribution in [0.1, 0.15) is 16.1 Å². The molecule has 0 saturated heterocycles. The second kappa shape index (κ2) is 4.93. The van der Waals surface area contributed by atoms with E-state index in [1.807, 2.05) is 0 Å². The van der Waals surface area contributed by atoms with E-state index in [1.54, 1.807) is 6.92 Å². The highest BCUT2D eigenvalue weighted by Gasteiger charge is 2.19. The number of hydrogen-bond donors (Lipinski definition) is 1. The van der Waals surface area contributed by atoms with Crippen molar-refractivity contribution in [3.8, 4) is 11.1 Å². The quantitative estimate of drug-likeness (QED) is 0.855. The lowest BCUT2D eigenvalue weighted by Gasteiger charge is -2.09. The van der Waals surface area contributed by atoms with Gasteiger partial charge in [0.25, 0.3) is 0 Å². The van der Waals surface area contributed by atoms with Crippen molar-refractivity contribution in [1.82, 2.24) is 4.98 Å². The summed E-state index contributed by atoms with van der Waals surface area (Å²) in [6, 6.07) is 4.21. The molecule has 0 fully saturated rings. The van der Waals surface area contributed by atoms with Crippen LogP contribution < -0.4 is 0 Å². The molecule has 1 aromatic heterocycles. The number of aromatic nitrogens is 1. The van der Waals surface area contributed by atoms with E-state index in [9.17, 15) is 13.6 Å². The van der Waals surface area contributed by atoms with Crippen molar-refractivity contribution in [2.45, 2.75) is 6.92 Å². The van der Waals surface area contributed by atoms with Crippen LogP contribution in [0.25, 0.3) is 11.1 Å². The molecule has 0 bridgehead atoms. The Hall–Kier alpha value is -2.01. The first-order chi connectivity index (χ1) is 8.88. The molecular formula is C13H8ClF2NO2. The highest BCUT2D eigenvalue weighted by atomic mass is 35.5. The number of hydrogen-bond acceptors (Lipinski definition) is 2. The molecule has 0 aliphatic carbocycles. The van der Waals surface area contributed by atoms with Gasteiger partial charge in [0.15, 0.2) is 0 Å². The first kappa shape index (κ1) is 13.4. The minimum absolute atomic E-state index is 0.107. The van der Waals surface area contributed by atoms with Crippen molar-refractivity contribution in [2.75, 3.05) is 0 Å². The molecule has 3 nitrogen and oxygen atoms in total. The Bertz CT molecular complexity index is 654. The van der Waals surface area contributed by atoms with E-state index in [4.69, 9.17) is 16.7 Å². The van der Waals surface area contributed by atoms with Crippen LogP contribution in [0.3, 0.4) is 0 Å². The number of carboxylic acid groups (broad SMARTS) is 1. The fourth-order valence-electron chi connectivity index (χ4n) is 1.81. The summed E-state index contributed by atoms with van der Waals surface area (Å²) in [5.74, 6) is -3.33. The van der Waals surface area contributed by atoms with Crippen LogP contribution in [-0.4, -0.2) is 16.1 Å². The number of aryl methyl sites for hydroxylation is 1. The molecule has 0 atom stereocenters. The molecule has 0 aliphatic rings. The largest absolute Gasteiger partial charge is 0.478 e. The van der Waals surface area contributed by atoms with Crippen LogP contribution in [0.2, 0.25) is 5.15 Å². The van der Waals surface area contributed by atoms with Gasteiger partial charge in [-0.05, 0) is 30.7 Å². The van der Waals surface area contributed by atoms with Crippen LogP contribution in [0.15, 0.2) is 24.3 Å². The maximum atomic E-state index is 13.9. The fraction of sp³-hybridized carbons (Fsp3) is 0.0769. The third kappa shape index (κ3) is 2.71. The summed E-state index contributed by atoms with van der Waals surface area (Å²) in [5, 5.41) is 9.14. The highest BCUT2D eigenvalue weighted by molar-refractivity contribution is 6.29. The summed E-state index contributed by atoms with van der Waals surface area (Å²) in [6.45, 7) is 1.64.